The predicted molar refractivity (Wildman–Crippen MR) is 65.5 cm³/mol. The largest absolute Gasteiger partial charge is 0.360 e. The van der Waals surface area contributed by atoms with Gasteiger partial charge in [-0.3, -0.25) is 0 Å². The number of aromatic nitrogens is 1. The Morgan fingerprint density at radius 1 is 1.56 bits per heavy atom. The van der Waals surface area contributed by atoms with E-state index >= 15 is 0 Å². The lowest BCUT2D eigenvalue weighted by Gasteiger charge is -2.10. The fourth-order valence-corrected chi connectivity index (χ4v) is 2.25. The van der Waals surface area contributed by atoms with Crippen molar-refractivity contribution in [3.63, 3.8) is 0 Å². The molecule has 0 saturated heterocycles. The molecule has 1 atom stereocenters. The lowest BCUT2D eigenvalue weighted by molar-refractivity contribution is 0.362. The first-order chi connectivity index (χ1) is 7.79. The van der Waals surface area contributed by atoms with Gasteiger partial charge in [0, 0.05) is 12.1 Å². The van der Waals surface area contributed by atoms with Crippen LogP contribution in [0.4, 0.5) is 0 Å². The van der Waals surface area contributed by atoms with E-state index in [1.165, 1.54) is 5.56 Å². The smallest absolute Gasteiger partial charge is 0.150 e. The molecule has 0 aliphatic heterocycles. The summed E-state index contributed by atoms with van der Waals surface area (Å²) >= 11 is 1.72. The molecule has 0 amide bonds. The van der Waals surface area contributed by atoms with Crippen LogP contribution in [0.3, 0.4) is 0 Å². The zero-order valence-electron chi connectivity index (χ0n) is 9.56. The zero-order chi connectivity index (χ0) is 11.4. The van der Waals surface area contributed by atoms with Gasteiger partial charge in [-0.05, 0) is 35.7 Å². The van der Waals surface area contributed by atoms with Crippen LogP contribution in [0, 0.1) is 0 Å². The first-order valence-corrected chi connectivity index (χ1v) is 6.44. The van der Waals surface area contributed by atoms with E-state index in [1.54, 1.807) is 11.3 Å². The maximum Gasteiger partial charge on any atom is 0.150 e. The first-order valence-electron chi connectivity index (χ1n) is 5.49. The van der Waals surface area contributed by atoms with Crippen molar-refractivity contribution in [3.05, 3.63) is 39.9 Å². The molecule has 16 heavy (non-hydrogen) atoms. The van der Waals surface area contributed by atoms with E-state index in [0.717, 1.165) is 24.4 Å². The molecular formula is C12H16N2OS. The van der Waals surface area contributed by atoms with Gasteiger partial charge in [0.15, 0.2) is 5.76 Å². The minimum Gasteiger partial charge on any atom is -0.360 e. The van der Waals surface area contributed by atoms with Crippen LogP contribution in [0.2, 0.25) is 0 Å². The van der Waals surface area contributed by atoms with E-state index in [0.29, 0.717) is 6.04 Å². The van der Waals surface area contributed by atoms with Crippen LogP contribution < -0.4 is 5.32 Å². The van der Waals surface area contributed by atoms with Gasteiger partial charge in [-0.2, -0.15) is 11.3 Å². The quantitative estimate of drug-likeness (QED) is 0.866. The zero-order valence-corrected chi connectivity index (χ0v) is 10.4. The summed E-state index contributed by atoms with van der Waals surface area (Å²) in [5, 5.41) is 11.6. The molecule has 0 aliphatic rings. The number of aryl methyl sites for hydroxylation is 1. The molecule has 0 aromatic carbocycles. The molecule has 2 aromatic rings. The number of hydrogen-bond acceptors (Lipinski definition) is 4. The van der Waals surface area contributed by atoms with E-state index in [-0.39, 0.29) is 0 Å². The number of hydrogen-bond donors (Lipinski definition) is 1. The van der Waals surface area contributed by atoms with Crippen molar-refractivity contribution in [2.24, 2.45) is 0 Å². The SMILES string of the molecule is CCc1cc(CNC(C)c2ccsc2)on1. The number of nitrogens with one attached hydrogen (secondary N) is 1. The van der Waals surface area contributed by atoms with Crippen molar-refractivity contribution in [1.29, 1.82) is 0 Å². The summed E-state index contributed by atoms with van der Waals surface area (Å²) < 4.78 is 5.21. The summed E-state index contributed by atoms with van der Waals surface area (Å²) in [6.45, 7) is 4.95. The minimum absolute atomic E-state index is 0.349. The van der Waals surface area contributed by atoms with Crippen molar-refractivity contribution in [3.8, 4) is 0 Å². The van der Waals surface area contributed by atoms with E-state index in [9.17, 15) is 0 Å². The summed E-state index contributed by atoms with van der Waals surface area (Å²) in [4.78, 5) is 0. The monoisotopic (exact) mass is 236 g/mol. The molecule has 4 heteroatoms. The molecule has 0 aliphatic carbocycles. The molecule has 1 N–H and O–H groups in total. The molecule has 2 heterocycles. The highest BCUT2D eigenvalue weighted by Gasteiger charge is 2.07. The van der Waals surface area contributed by atoms with E-state index < -0.39 is 0 Å². The Bertz CT molecular complexity index is 422. The Hall–Kier alpha value is -1.13. The van der Waals surface area contributed by atoms with Crippen molar-refractivity contribution >= 4 is 11.3 Å². The van der Waals surface area contributed by atoms with Gasteiger partial charge >= 0.3 is 0 Å². The molecule has 0 saturated carbocycles. The van der Waals surface area contributed by atoms with E-state index in [1.807, 2.05) is 6.07 Å². The summed E-state index contributed by atoms with van der Waals surface area (Å²) in [7, 11) is 0. The minimum atomic E-state index is 0.349. The average molecular weight is 236 g/mol. The lowest BCUT2D eigenvalue weighted by Crippen LogP contribution is -2.17. The summed E-state index contributed by atoms with van der Waals surface area (Å²) in [6.07, 6.45) is 0.920. The Labute approximate surface area is 99.5 Å². The molecule has 0 spiro atoms. The molecule has 0 bridgehead atoms. The van der Waals surface area contributed by atoms with Gasteiger partial charge in [0.05, 0.1) is 12.2 Å². The molecule has 2 aromatic heterocycles. The molecule has 0 radical (unpaired) electrons. The van der Waals surface area contributed by atoms with Crippen LogP contribution in [-0.4, -0.2) is 5.16 Å². The standard InChI is InChI=1S/C12H16N2OS/c1-3-11-6-12(15-14-11)7-13-9(2)10-4-5-16-8-10/h4-6,8-9,13H,3,7H2,1-2H3. The Morgan fingerprint density at radius 3 is 3.06 bits per heavy atom. The highest BCUT2D eigenvalue weighted by atomic mass is 32.1. The topological polar surface area (TPSA) is 38.1 Å². The van der Waals surface area contributed by atoms with Gasteiger partial charge in [0.2, 0.25) is 0 Å². The lowest BCUT2D eigenvalue weighted by atomic mass is 10.2. The van der Waals surface area contributed by atoms with Crippen LogP contribution in [0.25, 0.3) is 0 Å². The molecule has 3 nitrogen and oxygen atoms in total. The van der Waals surface area contributed by atoms with Gasteiger partial charge in [0.25, 0.3) is 0 Å². The summed E-state index contributed by atoms with van der Waals surface area (Å²) in [5.41, 5.74) is 2.33. The second-order valence-corrected chi connectivity index (χ2v) is 4.58. The van der Waals surface area contributed by atoms with E-state index in [2.05, 4.69) is 41.1 Å². The third kappa shape index (κ3) is 2.71. The van der Waals surface area contributed by atoms with Crippen molar-refractivity contribution in [2.45, 2.75) is 32.9 Å². The first kappa shape index (κ1) is 11.4. The van der Waals surface area contributed by atoms with Crippen LogP contribution in [-0.2, 0) is 13.0 Å². The highest BCUT2D eigenvalue weighted by Crippen LogP contribution is 2.16. The third-order valence-electron chi connectivity index (χ3n) is 2.60. The summed E-state index contributed by atoms with van der Waals surface area (Å²) in [5.74, 6) is 0.902. The van der Waals surface area contributed by atoms with Gasteiger partial charge in [-0.1, -0.05) is 12.1 Å². The van der Waals surface area contributed by atoms with Crippen LogP contribution in [0.15, 0.2) is 27.4 Å². The predicted octanol–water partition coefficient (Wildman–Crippen LogP) is 3.15. The normalized spacial score (nSPS) is 12.9. The Kier molecular flexibility index (Phi) is 3.74. The molecule has 1 unspecified atom stereocenters. The second kappa shape index (κ2) is 5.27. The molecule has 0 fully saturated rings. The summed E-state index contributed by atoms with van der Waals surface area (Å²) in [6, 6.07) is 4.49. The highest BCUT2D eigenvalue weighted by molar-refractivity contribution is 7.07. The third-order valence-corrected chi connectivity index (χ3v) is 3.30. The fourth-order valence-electron chi connectivity index (χ4n) is 1.50. The van der Waals surface area contributed by atoms with Crippen LogP contribution in [0.1, 0.15) is 36.9 Å². The number of thiophene rings is 1. The molecule has 86 valence electrons. The fraction of sp³-hybridized carbons (Fsp3) is 0.417. The molecular weight excluding hydrogens is 220 g/mol. The van der Waals surface area contributed by atoms with Crippen molar-refractivity contribution in [1.82, 2.24) is 10.5 Å². The van der Waals surface area contributed by atoms with Crippen LogP contribution >= 0.6 is 11.3 Å². The van der Waals surface area contributed by atoms with Crippen molar-refractivity contribution < 1.29 is 4.52 Å². The van der Waals surface area contributed by atoms with Gasteiger partial charge in [0.1, 0.15) is 0 Å². The second-order valence-electron chi connectivity index (χ2n) is 3.80. The van der Waals surface area contributed by atoms with E-state index in [4.69, 9.17) is 4.52 Å². The number of nitrogens with zero attached hydrogens (tertiary/aromatic N) is 1. The van der Waals surface area contributed by atoms with Crippen LogP contribution in [0.5, 0.6) is 0 Å². The molecule has 2 rings (SSSR count). The number of rotatable bonds is 5. The van der Waals surface area contributed by atoms with Gasteiger partial charge in [-0.25, -0.2) is 0 Å². The Balaban J connectivity index is 1.87. The average Bonchev–Trinajstić information content (AvgIpc) is 2.96. The maximum atomic E-state index is 5.21. The maximum absolute atomic E-state index is 5.21. The van der Waals surface area contributed by atoms with Crippen molar-refractivity contribution in [2.75, 3.05) is 0 Å². The van der Waals surface area contributed by atoms with Gasteiger partial charge in [-0.15, -0.1) is 0 Å². The van der Waals surface area contributed by atoms with Gasteiger partial charge < -0.3 is 9.84 Å². The Morgan fingerprint density at radius 2 is 2.44 bits per heavy atom.